The molecule has 0 aliphatic rings. The fourth-order valence-corrected chi connectivity index (χ4v) is 2.51. The van der Waals surface area contributed by atoms with Crippen molar-refractivity contribution in [2.45, 2.75) is 10.6 Å². The van der Waals surface area contributed by atoms with Crippen molar-refractivity contribution in [2.75, 3.05) is 0 Å². The van der Waals surface area contributed by atoms with Crippen LogP contribution >= 0.6 is 23.4 Å². The molecule has 104 valence electrons. The predicted molar refractivity (Wildman–Crippen MR) is 73.6 cm³/mol. The first-order chi connectivity index (χ1) is 9.47. The van der Waals surface area contributed by atoms with E-state index in [2.05, 4.69) is 0 Å². The van der Waals surface area contributed by atoms with E-state index in [1.54, 1.807) is 12.1 Å². The van der Waals surface area contributed by atoms with Crippen molar-refractivity contribution in [3.05, 3.63) is 52.4 Å². The Balaban J connectivity index is 2.08. The van der Waals surface area contributed by atoms with Gasteiger partial charge in [-0.1, -0.05) is 11.6 Å². The van der Waals surface area contributed by atoms with E-state index in [1.807, 2.05) is 0 Å². The Kier molecular flexibility index (Phi) is 4.36. The van der Waals surface area contributed by atoms with Gasteiger partial charge in [-0.05, 0) is 30.3 Å². The van der Waals surface area contributed by atoms with E-state index in [-0.39, 0.29) is 16.3 Å². The van der Waals surface area contributed by atoms with Crippen molar-refractivity contribution < 1.29 is 24.2 Å². The lowest BCUT2D eigenvalue weighted by Gasteiger charge is -2.03. The molecule has 0 amide bonds. The lowest BCUT2D eigenvalue weighted by molar-refractivity contribution is 0.0658. The molecule has 2 aromatic rings. The standard InChI is InChI=1S/C13H9ClO5S/c14-10-3-2-8(5-9(10)12(15)16)20-6-7-1-4-11(19-7)13(17)18/h1-5H,6H2,(H,15,16)(H,17,18). The van der Waals surface area contributed by atoms with Crippen LogP contribution in [0.1, 0.15) is 26.7 Å². The van der Waals surface area contributed by atoms with Gasteiger partial charge in [-0.25, -0.2) is 9.59 Å². The van der Waals surface area contributed by atoms with Gasteiger partial charge < -0.3 is 14.6 Å². The smallest absolute Gasteiger partial charge is 0.371 e. The second-order valence-electron chi connectivity index (χ2n) is 3.81. The Morgan fingerprint density at radius 2 is 1.90 bits per heavy atom. The number of carbonyl (C=O) groups is 2. The zero-order chi connectivity index (χ0) is 14.7. The maximum atomic E-state index is 10.9. The van der Waals surface area contributed by atoms with Crippen LogP contribution in [0.5, 0.6) is 0 Å². The number of hydrogen-bond acceptors (Lipinski definition) is 4. The highest BCUT2D eigenvalue weighted by molar-refractivity contribution is 7.98. The van der Waals surface area contributed by atoms with Gasteiger partial charge in [0.15, 0.2) is 0 Å². The summed E-state index contributed by atoms with van der Waals surface area (Å²) < 4.78 is 5.11. The molecule has 1 aromatic carbocycles. The van der Waals surface area contributed by atoms with E-state index in [9.17, 15) is 9.59 Å². The summed E-state index contributed by atoms with van der Waals surface area (Å²) in [4.78, 5) is 22.3. The van der Waals surface area contributed by atoms with Crippen molar-refractivity contribution >= 4 is 35.3 Å². The molecule has 0 atom stereocenters. The minimum Gasteiger partial charge on any atom is -0.478 e. The summed E-state index contributed by atoms with van der Waals surface area (Å²) in [6.45, 7) is 0. The van der Waals surface area contributed by atoms with Gasteiger partial charge in [0.2, 0.25) is 5.76 Å². The number of hydrogen-bond donors (Lipinski definition) is 2. The SMILES string of the molecule is O=C(O)c1ccc(CSc2ccc(Cl)c(C(=O)O)c2)o1. The van der Waals surface area contributed by atoms with Gasteiger partial charge in [0.1, 0.15) is 5.76 Å². The lowest BCUT2D eigenvalue weighted by Crippen LogP contribution is -1.97. The number of halogens is 1. The zero-order valence-corrected chi connectivity index (χ0v) is 11.6. The molecule has 0 spiro atoms. The minimum atomic E-state index is -1.12. The summed E-state index contributed by atoms with van der Waals surface area (Å²) in [7, 11) is 0. The Labute approximate surface area is 123 Å². The Morgan fingerprint density at radius 1 is 1.15 bits per heavy atom. The molecule has 20 heavy (non-hydrogen) atoms. The van der Waals surface area contributed by atoms with Crippen LogP contribution in [0, 0.1) is 0 Å². The second kappa shape index (κ2) is 6.02. The molecule has 0 saturated carbocycles. The number of carboxylic acids is 2. The fraction of sp³-hybridized carbons (Fsp3) is 0.0769. The van der Waals surface area contributed by atoms with Gasteiger partial charge in [0.25, 0.3) is 0 Å². The molecule has 5 nitrogen and oxygen atoms in total. The molecular formula is C13H9ClO5S. The van der Waals surface area contributed by atoms with Crippen LogP contribution in [-0.4, -0.2) is 22.2 Å². The third-order valence-electron chi connectivity index (χ3n) is 2.42. The molecule has 0 saturated heterocycles. The maximum absolute atomic E-state index is 10.9. The number of thioether (sulfide) groups is 1. The highest BCUT2D eigenvalue weighted by atomic mass is 35.5. The van der Waals surface area contributed by atoms with E-state index in [4.69, 9.17) is 26.2 Å². The molecule has 1 aromatic heterocycles. The second-order valence-corrected chi connectivity index (χ2v) is 5.26. The van der Waals surface area contributed by atoms with Crippen LogP contribution in [0.2, 0.25) is 5.02 Å². The van der Waals surface area contributed by atoms with Crippen molar-refractivity contribution in [3.63, 3.8) is 0 Å². The van der Waals surface area contributed by atoms with Crippen LogP contribution in [0.4, 0.5) is 0 Å². The average Bonchev–Trinajstić information content (AvgIpc) is 2.86. The first kappa shape index (κ1) is 14.5. The van der Waals surface area contributed by atoms with Crippen LogP contribution in [0.15, 0.2) is 39.6 Å². The van der Waals surface area contributed by atoms with Gasteiger partial charge >= 0.3 is 11.9 Å². The van der Waals surface area contributed by atoms with Gasteiger partial charge in [-0.15, -0.1) is 11.8 Å². The highest BCUT2D eigenvalue weighted by Gasteiger charge is 2.11. The van der Waals surface area contributed by atoms with Gasteiger partial charge in [0, 0.05) is 4.90 Å². The number of benzene rings is 1. The number of carboxylic acid groups (broad SMARTS) is 2. The summed E-state index contributed by atoms with van der Waals surface area (Å²) in [6.07, 6.45) is 0. The summed E-state index contributed by atoms with van der Waals surface area (Å²) in [6, 6.07) is 7.63. The molecule has 1 heterocycles. The first-order valence-corrected chi connectivity index (χ1v) is 6.81. The number of rotatable bonds is 5. The Bertz CT molecular complexity index is 665. The Hall–Kier alpha value is -1.92. The highest BCUT2D eigenvalue weighted by Crippen LogP contribution is 2.27. The van der Waals surface area contributed by atoms with Crippen molar-refractivity contribution in [1.29, 1.82) is 0 Å². The molecule has 7 heteroatoms. The minimum absolute atomic E-state index is 0.0299. The van der Waals surface area contributed by atoms with E-state index in [1.165, 1.54) is 30.0 Å². The summed E-state index contributed by atoms with van der Waals surface area (Å²) in [5, 5.41) is 17.9. The van der Waals surface area contributed by atoms with Crippen LogP contribution in [0.25, 0.3) is 0 Å². The quantitative estimate of drug-likeness (QED) is 0.820. The van der Waals surface area contributed by atoms with Gasteiger partial charge in [-0.2, -0.15) is 0 Å². The largest absolute Gasteiger partial charge is 0.478 e. The number of furan rings is 1. The van der Waals surface area contributed by atoms with Gasteiger partial charge in [0.05, 0.1) is 16.3 Å². The summed E-state index contributed by atoms with van der Waals surface area (Å²) in [5.74, 6) is -1.44. The lowest BCUT2D eigenvalue weighted by atomic mass is 10.2. The monoisotopic (exact) mass is 312 g/mol. The van der Waals surface area contributed by atoms with Crippen molar-refractivity contribution in [1.82, 2.24) is 0 Å². The average molecular weight is 313 g/mol. The normalized spacial score (nSPS) is 10.4. The van der Waals surface area contributed by atoms with E-state index < -0.39 is 11.9 Å². The van der Waals surface area contributed by atoms with Crippen molar-refractivity contribution in [3.8, 4) is 0 Å². The third-order valence-corrected chi connectivity index (χ3v) is 3.77. The first-order valence-electron chi connectivity index (χ1n) is 5.45. The molecule has 2 rings (SSSR count). The fourth-order valence-electron chi connectivity index (χ4n) is 1.48. The molecular weight excluding hydrogens is 304 g/mol. The number of aromatic carboxylic acids is 2. The molecule has 0 fully saturated rings. The van der Waals surface area contributed by atoms with E-state index >= 15 is 0 Å². The zero-order valence-electron chi connectivity index (χ0n) is 10.00. The third kappa shape index (κ3) is 3.34. The van der Waals surface area contributed by atoms with Crippen LogP contribution in [-0.2, 0) is 5.75 Å². The van der Waals surface area contributed by atoms with Crippen LogP contribution in [0.3, 0.4) is 0 Å². The molecule has 0 aliphatic carbocycles. The molecule has 0 unspecified atom stereocenters. The predicted octanol–water partition coefficient (Wildman–Crippen LogP) is 3.62. The molecule has 0 bridgehead atoms. The van der Waals surface area contributed by atoms with E-state index in [0.717, 1.165) is 0 Å². The van der Waals surface area contributed by atoms with Crippen molar-refractivity contribution in [2.24, 2.45) is 0 Å². The molecule has 2 N–H and O–H groups in total. The van der Waals surface area contributed by atoms with E-state index in [0.29, 0.717) is 16.4 Å². The maximum Gasteiger partial charge on any atom is 0.371 e. The Morgan fingerprint density at radius 3 is 2.50 bits per heavy atom. The van der Waals surface area contributed by atoms with Crippen LogP contribution < -0.4 is 0 Å². The summed E-state index contributed by atoms with van der Waals surface area (Å²) >= 11 is 7.10. The molecule has 0 aliphatic heterocycles. The summed E-state index contributed by atoms with van der Waals surface area (Å²) in [5.41, 5.74) is 0.0299. The topological polar surface area (TPSA) is 87.7 Å². The van der Waals surface area contributed by atoms with Gasteiger partial charge in [-0.3, -0.25) is 0 Å². The molecule has 0 radical (unpaired) electrons.